The number of hydrogen-bond acceptors (Lipinski definition) is 5. The maximum absolute atomic E-state index is 13.2. The number of piperidine rings is 1. The van der Waals surface area contributed by atoms with Crippen LogP contribution in [0.5, 0.6) is 5.75 Å². The van der Waals surface area contributed by atoms with E-state index >= 15 is 0 Å². The SMILES string of the molecule is CCOc1ccc(NC(=O)C(C)N2C(=O)NC3(CCN(CC(C)C)CC3)C2=O)cc1. The normalized spacial score (nSPS) is 19.8. The Morgan fingerprint density at radius 3 is 2.37 bits per heavy atom. The van der Waals surface area contributed by atoms with Gasteiger partial charge in [0.25, 0.3) is 5.91 Å². The smallest absolute Gasteiger partial charge is 0.325 e. The topological polar surface area (TPSA) is 91.0 Å². The van der Waals surface area contributed by atoms with Crippen LogP contribution in [0.15, 0.2) is 24.3 Å². The monoisotopic (exact) mass is 416 g/mol. The molecule has 2 saturated heterocycles. The molecule has 0 bridgehead atoms. The third-order valence-electron chi connectivity index (χ3n) is 5.73. The lowest BCUT2D eigenvalue weighted by Crippen LogP contribution is -2.56. The van der Waals surface area contributed by atoms with Gasteiger partial charge in [-0.2, -0.15) is 0 Å². The van der Waals surface area contributed by atoms with Gasteiger partial charge in [0, 0.05) is 25.3 Å². The van der Waals surface area contributed by atoms with Crippen molar-refractivity contribution in [3.8, 4) is 5.75 Å². The Morgan fingerprint density at radius 2 is 1.80 bits per heavy atom. The Labute approximate surface area is 177 Å². The molecule has 0 aromatic heterocycles. The first-order valence-corrected chi connectivity index (χ1v) is 10.7. The summed E-state index contributed by atoms with van der Waals surface area (Å²) in [5.74, 6) is 0.558. The van der Waals surface area contributed by atoms with E-state index in [-0.39, 0.29) is 5.91 Å². The Balaban J connectivity index is 1.63. The van der Waals surface area contributed by atoms with Gasteiger partial charge < -0.3 is 20.3 Å². The molecule has 1 spiro atoms. The van der Waals surface area contributed by atoms with Gasteiger partial charge in [-0.15, -0.1) is 0 Å². The third-order valence-corrected chi connectivity index (χ3v) is 5.73. The number of amides is 4. The summed E-state index contributed by atoms with van der Waals surface area (Å²) in [5, 5.41) is 5.65. The van der Waals surface area contributed by atoms with Crippen molar-refractivity contribution in [1.29, 1.82) is 0 Å². The molecule has 2 aliphatic rings. The van der Waals surface area contributed by atoms with E-state index in [0.717, 1.165) is 24.5 Å². The number of carbonyl (C=O) groups is 3. The Bertz CT molecular complexity index is 785. The molecule has 2 aliphatic heterocycles. The summed E-state index contributed by atoms with van der Waals surface area (Å²) >= 11 is 0. The lowest BCUT2D eigenvalue weighted by atomic mass is 9.87. The Kier molecular flexibility index (Phi) is 6.65. The van der Waals surface area contributed by atoms with Crippen molar-refractivity contribution < 1.29 is 19.1 Å². The minimum absolute atomic E-state index is 0.300. The summed E-state index contributed by atoms with van der Waals surface area (Å²) in [6.07, 6.45) is 1.13. The second kappa shape index (κ2) is 9.04. The first-order chi connectivity index (χ1) is 14.3. The summed E-state index contributed by atoms with van der Waals surface area (Å²) < 4.78 is 5.39. The molecular weight excluding hydrogens is 384 g/mol. The van der Waals surface area contributed by atoms with E-state index in [2.05, 4.69) is 29.4 Å². The molecule has 4 amide bonds. The van der Waals surface area contributed by atoms with E-state index in [1.54, 1.807) is 31.2 Å². The summed E-state index contributed by atoms with van der Waals surface area (Å²) in [5.41, 5.74) is -0.308. The zero-order valence-corrected chi connectivity index (χ0v) is 18.2. The van der Waals surface area contributed by atoms with E-state index in [4.69, 9.17) is 4.74 Å². The van der Waals surface area contributed by atoms with Crippen molar-refractivity contribution in [2.24, 2.45) is 5.92 Å². The van der Waals surface area contributed by atoms with Gasteiger partial charge in [0.2, 0.25) is 5.91 Å². The van der Waals surface area contributed by atoms with Crippen molar-refractivity contribution in [1.82, 2.24) is 15.1 Å². The molecule has 8 heteroatoms. The second-order valence-corrected chi connectivity index (χ2v) is 8.50. The number of nitrogens with zero attached hydrogens (tertiary/aromatic N) is 2. The number of carbonyl (C=O) groups excluding carboxylic acids is 3. The number of benzene rings is 1. The molecule has 30 heavy (non-hydrogen) atoms. The first-order valence-electron chi connectivity index (χ1n) is 10.7. The summed E-state index contributed by atoms with van der Waals surface area (Å²) in [6, 6.07) is 5.58. The Morgan fingerprint density at radius 1 is 1.17 bits per heavy atom. The number of likely N-dealkylation sites (tertiary alicyclic amines) is 1. The highest BCUT2D eigenvalue weighted by molar-refractivity contribution is 6.11. The van der Waals surface area contributed by atoms with Crippen molar-refractivity contribution in [2.45, 2.75) is 52.1 Å². The van der Waals surface area contributed by atoms with Crippen molar-refractivity contribution >= 4 is 23.5 Å². The van der Waals surface area contributed by atoms with Gasteiger partial charge in [0.05, 0.1) is 6.61 Å². The van der Waals surface area contributed by atoms with Gasteiger partial charge in [-0.3, -0.25) is 9.59 Å². The molecule has 1 aromatic rings. The highest BCUT2D eigenvalue weighted by Crippen LogP contribution is 2.31. The molecule has 2 heterocycles. The molecule has 8 nitrogen and oxygen atoms in total. The van der Waals surface area contributed by atoms with Crippen LogP contribution in [0.3, 0.4) is 0 Å². The standard InChI is InChI=1S/C22H32N4O4/c1-5-30-18-8-6-17(7-9-18)23-19(27)16(4)26-20(28)22(24-21(26)29)10-12-25(13-11-22)14-15(2)3/h6-9,15-16H,5,10-14H2,1-4H3,(H,23,27)(H,24,29). The molecule has 0 radical (unpaired) electrons. The summed E-state index contributed by atoms with van der Waals surface area (Å²) in [7, 11) is 0. The van der Waals surface area contributed by atoms with Crippen molar-refractivity contribution in [3.05, 3.63) is 24.3 Å². The van der Waals surface area contributed by atoms with Gasteiger partial charge in [0.1, 0.15) is 17.3 Å². The summed E-state index contributed by atoms with van der Waals surface area (Å²) in [4.78, 5) is 41.9. The minimum Gasteiger partial charge on any atom is -0.494 e. The molecule has 0 saturated carbocycles. The lowest BCUT2D eigenvalue weighted by Gasteiger charge is -2.38. The van der Waals surface area contributed by atoms with Gasteiger partial charge in [-0.1, -0.05) is 13.8 Å². The minimum atomic E-state index is -0.905. The van der Waals surface area contributed by atoms with Crippen LogP contribution in [0.25, 0.3) is 0 Å². The number of urea groups is 1. The zero-order chi connectivity index (χ0) is 21.9. The maximum Gasteiger partial charge on any atom is 0.325 e. The average Bonchev–Trinajstić information content (AvgIpc) is 2.94. The fourth-order valence-corrected chi connectivity index (χ4v) is 4.13. The van der Waals surface area contributed by atoms with Crippen LogP contribution in [0, 0.1) is 5.92 Å². The van der Waals surface area contributed by atoms with E-state index < -0.39 is 23.5 Å². The van der Waals surface area contributed by atoms with E-state index in [9.17, 15) is 14.4 Å². The maximum atomic E-state index is 13.2. The lowest BCUT2D eigenvalue weighted by molar-refractivity contribution is -0.137. The van der Waals surface area contributed by atoms with Gasteiger partial charge >= 0.3 is 6.03 Å². The molecule has 3 rings (SSSR count). The molecule has 1 unspecified atom stereocenters. The zero-order valence-electron chi connectivity index (χ0n) is 18.2. The number of ether oxygens (including phenoxy) is 1. The molecule has 1 aromatic carbocycles. The number of rotatable bonds is 7. The number of imide groups is 1. The second-order valence-electron chi connectivity index (χ2n) is 8.50. The first kappa shape index (κ1) is 22.1. The molecule has 2 fully saturated rings. The van der Waals surface area contributed by atoms with Gasteiger partial charge in [-0.25, -0.2) is 9.69 Å². The number of anilines is 1. The van der Waals surface area contributed by atoms with Crippen molar-refractivity contribution in [2.75, 3.05) is 31.6 Å². The number of hydrogen-bond donors (Lipinski definition) is 2. The van der Waals surface area contributed by atoms with Gasteiger partial charge in [0.15, 0.2) is 0 Å². The average molecular weight is 417 g/mol. The Hall–Kier alpha value is -2.61. The third kappa shape index (κ3) is 4.59. The predicted octanol–water partition coefficient (Wildman–Crippen LogP) is 2.45. The molecule has 0 aliphatic carbocycles. The van der Waals surface area contributed by atoms with Crippen LogP contribution in [-0.2, 0) is 9.59 Å². The number of nitrogens with one attached hydrogen (secondary N) is 2. The van der Waals surface area contributed by atoms with Crippen LogP contribution in [-0.4, -0.2) is 65.5 Å². The van der Waals surface area contributed by atoms with E-state index in [0.29, 0.717) is 36.8 Å². The molecule has 2 N–H and O–H groups in total. The van der Waals surface area contributed by atoms with Crippen molar-refractivity contribution in [3.63, 3.8) is 0 Å². The van der Waals surface area contributed by atoms with Gasteiger partial charge in [-0.05, 0) is 56.9 Å². The fourth-order valence-electron chi connectivity index (χ4n) is 4.13. The molecule has 1 atom stereocenters. The van der Waals surface area contributed by atoms with Crippen LogP contribution in [0.1, 0.15) is 40.5 Å². The van der Waals surface area contributed by atoms with Crippen LogP contribution < -0.4 is 15.4 Å². The highest BCUT2D eigenvalue weighted by atomic mass is 16.5. The van der Waals surface area contributed by atoms with Crippen LogP contribution in [0.4, 0.5) is 10.5 Å². The molecular formula is C22H32N4O4. The predicted molar refractivity (Wildman–Crippen MR) is 114 cm³/mol. The molecule has 164 valence electrons. The van der Waals surface area contributed by atoms with E-state index in [1.807, 2.05) is 6.92 Å². The van der Waals surface area contributed by atoms with E-state index in [1.165, 1.54) is 0 Å². The van der Waals surface area contributed by atoms with Crippen LogP contribution >= 0.6 is 0 Å². The summed E-state index contributed by atoms with van der Waals surface area (Å²) in [6.45, 7) is 10.9. The highest BCUT2D eigenvalue weighted by Gasteiger charge is 2.54. The fraction of sp³-hybridized carbons (Fsp3) is 0.591. The van der Waals surface area contributed by atoms with Crippen LogP contribution in [0.2, 0.25) is 0 Å². The quantitative estimate of drug-likeness (QED) is 0.667. The largest absolute Gasteiger partial charge is 0.494 e.